The van der Waals surface area contributed by atoms with Crippen LogP contribution in [0.3, 0.4) is 0 Å². The second-order valence-electron chi connectivity index (χ2n) is 1.98. The van der Waals surface area contributed by atoms with E-state index in [1.807, 2.05) is 19.1 Å². The molecule has 1 rings (SSSR count). The van der Waals surface area contributed by atoms with Gasteiger partial charge in [0.1, 0.15) is 5.69 Å². The van der Waals surface area contributed by atoms with E-state index in [0.29, 0.717) is 12.3 Å². The van der Waals surface area contributed by atoms with Crippen molar-refractivity contribution in [3.05, 3.63) is 30.1 Å². The fraction of sp³-hybridized carbons (Fsp3) is 0.250. The highest BCUT2D eigenvalue weighted by Crippen LogP contribution is 1.95. The number of ether oxygens (including phenoxy) is 1. The van der Waals surface area contributed by atoms with Gasteiger partial charge in [-0.25, -0.2) is 0 Å². The number of hydrogen-bond acceptors (Lipinski definition) is 3. The first-order valence-corrected chi connectivity index (χ1v) is 3.47. The average Bonchev–Trinajstić information content (AvgIpc) is 2.07. The third kappa shape index (κ3) is 2.04. The highest BCUT2D eigenvalue weighted by atomic mass is 16.5. The Kier molecular flexibility index (Phi) is 2.60. The first-order chi connectivity index (χ1) is 5.34. The Hall–Kier alpha value is -1.38. The van der Waals surface area contributed by atoms with E-state index in [-0.39, 0.29) is 5.90 Å². The molecule has 1 aromatic heterocycles. The molecule has 0 aliphatic heterocycles. The predicted octanol–water partition coefficient (Wildman–Crippen LogP) is 1.44. The minimum Gasteiger partial charge on any atom is -0.477 e. The summed E-state index contributed by atoms with van der Waals surface area (Å²) in [6, 6.07) is 5.39. The monoisotopic (exact) mass is 150 g/mol. The first kappa shape index (κ1) is 7.72. The highest BCUT2D eigenvalue weighted by Gasteiger charge is 1.99. The van der Waals surface area contributed by atoms with E-state index in [1.165, 1.54) is 0 Å². The van der Waals surface area contributed by atoms with Gasteiger partial charge in [-0.2, -0.15) is 0 Å². The van der Waals surface area contributed by atoms with E-state index in [9.17, 15) is 0 Å². The van der Waals surface area contributed by atoms with Crippen molar-refractivity contribution in [3.8, 4) is 0 Å². The molecule has 1 aromatic rings. The van der Waals surface area contributed by atoms with Crippen LogP contribution in [0.2, 0.25) is 0 Å². The van der Waals surface area contributed by atoms with Gasteiger partial charge in [0, 0.05) is 6.20 Å². The minimum atomic E-state index is 0.133. The zero-order valence-corrected chi connectivity index (χ0v) is 6.37. The molecular formula is C8H10N2O. The first-order valence-electron chi connectivity index (χ1n) is 3.47. The fourth-order valence-electron chi connectivity index (χ4n) is 0.715. The van der Waals surface area contributed by atoms with Crippen LogP contribution >= 0.6 is 0 Å². The van der Waals surface area contributed by atoms with E-state index < -0.39 is 0 Å². The molecule has 1 heterocycles. The van der Waals surface area contributed by atoms with Crippen LogP contribution in [0.5, 0.6) is 0 Å². The van der Waals surface area contributed by atoms with Crippen LogP contribution in [-0.2, 0) is 4.74 Å². The Balaban J connectivity index is 2.69. The van der Waals surface area contributed by atoms with Crippen LogP contribution < -0.4 is 0 Å². The maximum absolute atomic E-state index is 7.34. The lowest BCUT2D eigenvalue weighted by atomic mass is 10.3. The second kappa shape index (κ2) is 3.71. The molecule has 0 saturated heterocycles. The second-order valence-corrected chi connectivity index (χ2v) is 1.98. The van der Waals surface area contributed by atoms with Crippen LogP contribution in [0.4, 0.5) is 0 Å². The van der Waals surface area contributed by atoms with Gasteiger partial charge in [-0.1, -0.05) is 6.07 Å². The highest BCUT2D eigenvalue weighted by molar-refractivity contribution is 5.89. The molecule has 0 spiro atoms. The van der Waals surface area contributed by atoms with Gasteiger partial charge in [0.15, 0.2) is 0 Å². The third-order valence-corrected chi connectivity index (χ3v) is 1.19. The van der Waals surface area contributed by atoms with E-state index in [0.717, 1.165) is 0 Å². The van der Waals surface area contributed by atoms with Crippen molar-refractivity contribution in [3.63, 3.8) is 0 Å². The molecule has 0 aliphatic rings. The largest absolute Gasteiger partial charge is 0.477 e. The summed E-state index contributed by atoms with van der Waals surface area (Å²) in [5.74, 6) is 0.133. The summed E-state index contributed by atoms with van der Waals surface area (Å²) in [6.45, 7) is 2.35. The number of nitrogens with one attached hydrogen (secondary N) is 1. The van der Waals surface area contributed by atoms with Crippen molar-refractivity contribution in [1.82, 2.24) is 4.98 Å². The van der Waals surface area contributed by atoms with Gasteiger partial charge in [0.05, 0.1) is 6.61 Å². The van der Waals surface area contributed by atoms with Crippen molar-refractivity contribution >= 4 is 5.90 Å². The van der Waals surface area contributed by atoms with Crippen LogP contribution in [-0.4, -0.2) is 17.5 Å². The summed E-state index contributed by atoms with van der Waals surface area (Å²) in [4.78, 5) is 3.95. The SMILES string of the molecule is CCOC(=N)c1ccccn1. The molecular weight excluding hydrogens is 140 g/mol. The van der Waals surface area contributed by atoms with Crippen LogP contribution in [0.15, 0.2) is 24.4 Å². The van der Waals surface area contributed by atoms with Crippen molar-refractivity contribution in [2.24, 2.45) is 0 Å². The maximum atomic E-state index is 7.34. The molecule has 0 aromatic carbocycles. The number of rotatable bonds is 2. The molecule has 58 valence electrons. The van der Waals surface area contributed by atoms with Gasteiger partial charge in [0.25, 0.3) is 0 Å². The molecule has 0 fully saturated rings. The molecule has 0 radical (unpaired) electrons. The van der Waals surface area contributed by atoms with E-state index in [2.05, 4.69) is 4.98 Å². The van der Waals surface area contributed by atoms with Crippen molar-refractivity contribution in [1.29, 1.82) is 5.41 Å². The fourth-order valence-corrected chi connectivity index (χ4v) is 0.715. The standard InChI is InChI=1S/C8H10N2O/c1-2-11-8(9)7-5-3-4-6-10-7/h3-6,9H,2H2,1H3. The van der Waals surface area contributed by atoms with Gasteiger partial charge in [-0.3, -0.25) is 10.4 Å². The summed E-state index contributed by atoms with van der Waals surface area (Å²) in [5, 5.41) is 7.34. The Bertz CT molecular complexity index is 233. The Morgan fingerprint density at radius 2 is 2.45 bits per heavy atom. The van der Waals surface area contributed by atoms with Crippen LogP contribution in [0.1, 0.15) is 12.6 Å². The minimum absolute atomic E-state index is 0.133. The molecule has 11 heavy (non-hydrogen) atoms. The van der Waals surface area contributed by atoms with E-state index >= 15 is 0 Å². The number of pyridine rings is 1. The average molecular weight is 150 g/mol. The van der Waals surface area contributed by atoms with Gasteiger partial charge in [-0.05, 0) is 19.1 Å². The number of nitrogens with zero attached hydrogens (tertiary/aromatic N) is 1. The maximum Gasteiger partial charge on any atom is 0.232 e. The lowest BCUT2D eigenvalue weighted by Gasteiger charge is -2.01. The van der Waals surface area contributed by atoms with E-state index in [1.54, 1.807) is 12.3 Å². The van der Waals surface area contributed by atoms with Gasteiger partial charge in [-0.15, -0.1) is 0 Å². The van der Waals surface area contributed by atoms with Crippen molar-refractivity contribution in [2.75, 3.05) is 6.61 Å². The smallest absolute Gasteiger partial charge is 0.232 e. The van der Waals surface area contributed by atoms with Crippen LogP contribution in [0, 0.1) is 5.41 Å². The topological polar surface area (TPSA) is 46.0 Å². The number of aromatic nitrogens is 1. The predicted molar refractivity (Wildman–Crippen MR) is 42.7 cm³/mol. The molecule has 3 heteroatoms. The van der Waals surface area contributed by atoms with Gasteiger partial charge >= 0.3 is 0 Å². The molecule has 0 unspecified atom stereocenters. The van der Waals surface area contributed by atoms with E-state index in [4.69, 9.17) is 10.1 Å². The van der Waals surface area contributed by atoms with Crippen molar-refractivity contribution in [2.45, 2.75) is 6.92 Å². The summed E-state index contributed by atoms with van der Waals surface area (Å²) < 4.78 is 4.95. The molecule has 1 N–H and O–H groups in total. The quantitative estimate of drug-likeness (QED) is 0.512. The van der Waals surface area contributed by atoms with Gasteiger partial charge in [0.2, 0.25) is 5.90 Å². The lowest BCUT2D eigenvalue weighted by molar-refractivity contribution is 0.324. The van der Waals surface area contributed by atoms with Gasteiger partial charge < -0.3 is 4.74 Å². The molecule has 0 bridgehead atoms. The Labute approximate surface area is 65.5 Å². The zero-order chi connectivity index (χ0) is 8.10. The third-order valence-electron chi connectivity index (χ3n) is 1.19. The number of hydrogen-bond donors (Lipinski definition) is 1. The summed E-state index contributed by atoms with van der Waals surface area (Å²) in [7, 11) is 0. The Morgan fingerprint density at radius 3 is 3.00 bits per heavy atom. The lowest BCUT2D eigenvalue weighted by Crippen LogP contribution is -2.06. The normalized spacial score (nSPS) is 9.18. The van der Waals surface area contributed by atoms with Crippen molar-refractivity contribution < 1.29 is 4.74 Å². The molecule has 0 atom stereocenters. The zero-order valence-electron chi connectivity index (χ0n) is 6.37. The molecule has 0 amide bonds. The molecule has 0 saturated carbocycles. The summed E-state index contributed by atoms with van der Waals surface area (Å²) in [5.41, 5.74) is 0.578. The summed E-state index contributed by atoms with van der Waals surface area (Å²) >= 11 is 0. The molecule has 0 aliphatic carbocycles. The molecule has 3 nitrogen and oxygen atoms in total. The van der Waals surface area contributed by atoms with Crippen LogP contribution in [0.25, 0.3) is 0 Å². The Morgan fingerprint density at radius 1 is 1.64 bits per heavy atom. The summed E-state index contributed by atoms with van der Waals surface area (Å²) in [6.07, 6.45) is 1.64.